The lowest BCUT2D eigenvalue weighted by molar-refractivity contribution is -0.117. The van der Waals surface area contributed by atoms with Crippen molar-refractivity contribution in [2.75, 3.05) is 5.32 Å². The summed E-state index contributed by atoms with van der Waals surface area (Å²) >= 11 is 0. The van der Waals surface area contributed by atoms with E-state index < -0.39 is 0 Å². The Bertz CT molecular complexity index is 610. The Morgan fingerprint density at radius 1 is 1.00 bits per heavy atom. The Labute approximate surface area is 142 Å². The van der Waals surface area contributed by atoms with E-state index in [-0.39, 0.29) is 17.9 Å². The number of anilines is 1. The molecule has 0 bridgehead atoms. The molecule has 0 aromatic heterocycles. The average Bonchev–Trinajstić information content (AvgIpc) is 3.29. The summed E-state index contributed by atoms with van der Waals surface area (Å²) in [6.07, 6.45) is 8.10. The molecule has 5 heteroatoms. The minimum Gasteiger partial charge on any atom is -0.349 e. The van der Waals surface area contributed by atoms with Gasteiger partial charge in [-0.2, -0.15) is 0 Å². The summed E-state index contributed by atoms with van der Waals surface area (Å²) in [5, 5.41) is 9.44. The van der Waals surface area contributed by atoms with Crippen LogP contribution in [0.3, 0.4) is 0 Å². The first-order valence-electron chi connectivity index (χ1n) is 9.17. The molecule has 2 saturated carbocycles. The number of nitrogens with one attached hydrogen (secondary N) is 3. The lowest BCUT2D eigenvalue weighted by Gasteiger charge is -2.24. The van der Waals surface area contributed by atoms with E-state index in [1.165, 1.54) is 25.7 Å². The first-order chi connectivity index (χ1) is 11.7. The second-order valence-corrected chi connectivity index (χ2v) is 7.42. The Morgan fingerprint density at radius 3 is 2.46 bits per heavy atom. The van der Waals surface area contributed by atoms with Crippen LogP contribution in [-0.2, 0) is 4.79 Å². The van der Waals surface area contributed by atoms with Gasteiger partial charge in [-0.3, -0.25) is 9.59 Å². The van der Waals surface area contributed by atoms with Crippen LogP contribution >= 0.6 is 0 Å². The molecule has 1 aliphatic heterocycles. The minimum absolute atomic E-state index is 0.0306. The van der Waals surface area contributed by atoms with Crippen molar-refractivity contribution in [2.45, 2.75) is 63.1 Å². The van der Waals surface area contributed by atoms with E-state index in [2.05, 4.69) is 16.0 Å². The molecule has 3 fully saturated rings. The number of fused-ring (bicyclic) bond motifs is 1. The van der Waals surface area contributed by atoms with Crippen molar-refractivity contribution in [3.05, 3.63) is 29.8 Å². The summed E-state index contributed by atoms with van der Waals surface area (Å²) in [6.45, 7) is 0. The number of benzene rings is 1. The SMILES string of the molecule is O=C(NC1CC1)c1ccc(NC(=O)C2CC3CCCCC3N2)cc1. The van der Waals surface area contributed by atoms with Crippen LogP contribution < -0.4 is 16.0 Å². The number of amides is 2. The van der Waals surface area contributed by atoms with E-state index >= 15 is 0 Å². The molecule has 0 spiro atoms. The third-order valence-corrected chi connectivity index (χ3v) is 5.51. The van der Waals surface area contributed by atoms with E-state index in [1.807, 2.05) is 12.1 Å². The van der Waals surface area contributed by atoms with Gasteiger partial charge in [0.15, 0.2) is 0 Å². The van der Waals surface area contributed by atoms with E-state index in [0.29, 0.717) is 23.6 Å². The van der Waals surface area contributed by atoms with Crippen LogP contribution in [0.5, 0.6) is 0 Å². The highest BCUT2D eigenvalue weighted by Crippen LogP contribution is 2.33. The first kappa shape index (κ1) is 15.6. The Morgan fingerprint density at radius 2 is 1.75 bits per heavy atom. The number of hydrogen-bond acceptors (Lipinski definition) is 3. The van der Waals surface area contributed by atoms with Gasteiger partial charge in [0.05, 0.1) is 6.04 Å². The summed E-state index contributed by atoms with van der Waals surface area (Å²) in [7, 11) is 0. The van der Waals surface area contributed by atoms with Crippen molar-refractivity contribution in [1.29, 1.82) is 0 Å². The van der Waals surface area contributed by atoms with Gasteiger partial charge in [-0.1, -0.05) is 12.8 Å². The molecule has 3 unspecified atom stereocenters. The van der Waals surface area contributed by atoms with Crippen molar-refractivity contribution >= 4 is 17.5 Å². The minimum atomic E-state index is -0.0871. The summed E-state index contributed by atoms with van der Waals surface area (Å²) < 4.78 is 0. The van der Waals surface area contributed by atoms with Crippen LogP contribution in [0, 0.1) is 5.92 Å². The van der Waals surface area contributed by atoms with Gasteiger partial charge < -0.3 is 16.0 Å². The lowest BCUT2D eigenvalue weighted by atomic mass is 9.85. The zero-order valence-electron chi connectivity index (χ0n) is 13.9. The molecule has 0 radical (unpaired) electrons. The Kier molecular flexibility index (Phi) is 4.27. The molecule has 4 rings (SSSR count). The van der Waals surface area contributed by atoms with Crippen LogP contribution in [-0.4, -0.2) is 29.9 Å². The molecule has 128 valence electrons. The molecular formula is C19H25N3O2. The van der Waals surface area contributed by atoms with Crippen LogP contribution in [0.4, 0.5) is 5.69 Å². The molecule has 3 aliphatic rings. The largest absolute Gasteiger partial charge is 0.349 e. The fourth-order valence-electron chi connectivity index (χ4n) is 3.95. The van der Waals surface area contributed by atoms with Gasteiger partial charge in [-0.25, -0.2) is 0 Å². The van der Waals surface area contributed by atoms with Crippen molar-refractivity contribution in [2.24, 2.45) is 5.92 Å². The van der Waals surface area contributed by atoms with E-state index in [1.54, 1.807) is 12.1 Å². The first-order valence-corrected chi connectivity index (χ1v) is 9.17. The van der Waals surface area contributed by atoms with E-state index in [0.717, 1.165) is 24.9 Å². The molecular weight excluding hydrogens is 302 g/mol. The maximum absolute atomic E-state index is 12.5. The van der Waals surface area contributed by atoms with Gasteiger partial charge in [0.1, 0.15) is 0 Å². The molecule has 1 aromatic rings. The van der Waals surface area contributed by atoms with E-state index in [4.69, 9.17) is 0 Å². The molecule has 1 aromatic carbocycles. The zero-order valence-corrected chi connectivity index (χ0v) is 13.9. The topological polar surface area (TPSA) is 70.2 Å². The normalized spacial score (nSPS) is 28.9. The molecule has 2 amide bonds. The third-order valence-electron chi connectivity index (χ3n) is 5.51. The Balaban J connectivity index is 1.33. The smallest absolute Gasteiger partial charge is 0.251 e. The van der Waals surface area contributed by atoms with Crippen LogP contribution in [0.15, 0.2) is 24.3 Å². The van der Waals surface area contributed by atoms with Gasteiger partial charge in [-0.05, 0) is 62.3 Å². The van der Waals surface area contributed by atoms with Crippen LogP contribution in [0.1, 0.15) is 55.3 Å². The third kappa shape index (κ3) is 3.46. The lowest BCUT2D eigenvalue weighted by Crippen LogP contribution is -2.39. The van der Waals surface area contributed by atoms with Crippen molar-refractivity contribution in [1.82, 2.24) is 10.6 Å². The molecule has 3 N–H and O–H groups in total. The molecule has 3 atom stereocenters. The molecule has 5 nitrogen and oxygen atoms in total. The monoisotopic (exact) mass is 327 g/mol. The highest BCUT2D eigenvalue weighted by molar-refractivity contribution is 5.97. The summed E-state index contributed by atoms with van der Waals surface area (Å²) in [5.74, 6) is 0.666. The second kappa shape index (κ2) is 6.55. The fourth-order valence-corrected chi connectivity index (χ4v) is 3.95. The van der Waals surface area contributed by atoms with Crippen molar-refractivity contribution in [3.63, 3.8) is 0 Å². The van der Waals surface area contributed by atoms with Crippen LogP contribution in [0.25, 0.3) is 0 Å². The van der Waals surface area contributed by atoms with Crippen molar-refractivity contribution in [3.8, 4) is 0 Å². The number of carbonyl (C=O) groups is 2. The number of rotatable bonds is 4. The highest BCUT2D eigenvalue weighted by atomic mass is 16.2. The second-order valence-electron chi connectivity index (χ2n) is 7.42. The quantitative estimate of drug-likeness (QED) is 0.795. The average molecular weight is 327 g/mol. The van der Waals surface area contributed by atoms with Gasteiger partial charge in [0.2, 0.25) is 5.91 Å². The summed E-state index contributed by atoms with van der Waals surface area (Å²) in [4.78, 5) is 24.5. The molecule has 24 heavy (non-hydrogen) atoms. The maximum Gasteiger partial charge on any atom is 0.251 e. The van der Waals surface area contributed by atoms with Crippen molar-refractivity contribution < 1.29 is 9.59 Å². The summed E-state index contributed by atoms with van der Waals surface area (Å²) in [5.41, 5.74) is 1.39. The molecule has 1 saturated heterocycles. The summed E-state index contributed by atoms with van der Waals surface area (Å²) in [6, 6.07) is 7.95. The number of carbonyl (C=O) groups excluding carboxylic acids is 2. The standard InChI is InChI=1S/C19H25N3O2/c23-18(20-15-9-10-15)12-5-7-14(8-6-12)21-19(24)17-11-13-3-1-2-4-16(13)22-17/h5-8,13,15-17,22H,1-4,9-11H2,(H,20,23)(H,21,24). The predicted octanol–water partition coefficient (Wildman–Crippen LogP) is 2.44. The van der Waals surface area contributed by atoms with Gasteiger partial charge in [-0.15, -0.1) is 0 Å². The van der Waals surface area contributed by atoms with E-state index in [9.17, 15) is 9.59 Å². The number of hydrogen-bond donors (Lipinski definition) is 3. The molecule has 2 aliphatic carbocycles. The fraction of sp³-hybridized carbons (Fsp3) is 0.579. The Hall–Kier alpha value is -1.88. The molecule has 1 heterocycles. The van der Waals surface area contributed by atoms with Gasteiger partial charge in [0, 0.05) is 23.3 Å². The van der Waals surface area contributed by atoms with Crippen LogP contribution in [0.2, 0.25) is 0 Å². The highest BCUT2D eigenvalue weighted by Gasteiger charge is 2.38. The van der Waals surface area contributed by atoms with Gasteiger partial charge >= 0.3 is 0 Å². The maximum atomic E-state index is 12.5. The zero-order chi connectivity index (χ0) is 16.5. The van der Waals surface area contributed by atoms with Gasteiger partial charge in [0.25, 0.3) is 5.91 Å². The predicted molar refractivity (Wildman–Crippen MR) is 92.8 cm³/mol.